The lowest BCUT2D eigenvalue weighted by Crippen LogP contribution is -2.88. The summed E-state index contributed by atoms with van der Waals surface area (Å²) in [6, 6.07) is 52.6. The van der Waals surface area contributed by atoms with Crippen LogP contribution in [0, 0.1) is 29.1 Å². The minimum Gasteiger partial charge on any atom is -0.309 e. The average Bonchev–Trinajstić information content (AvgIpc) is 3.58. The Hall–Kier alpha value is -4.88. The summed E-state index contributed by atoms with van der Waals surface area (Å²) in [4.78, 5) is 0. The molecule has 4 fully saturated rings. The summed E-state index contributed by atoms with van der Waals surface area (Å²) in [5, 5.41) is 2.67. The molecule has 6 aromatic carbocycles. The second-order valence-corrected chi connectivity index (χ2v) is 14.8. The molecular weight excluding hydrogens is 555 g/mol. The summed E-state index contributed by atoms with van der Waals surface area (Å²) >= 11 is 0. The Bertz CT molecular complexity index is 2400. The van der Waals surface area contributed by atoms with Crippen LogP contribution >= 0.6 is 0 Å². The van der Waals surface area contributed by atoms with Gasteiger partial charge in [-0.05, 0) is 117 Å². The summed E-state index contributed by atoms with van der Waals surface area (Å²) in [6.45, 7) is 0. The highest BCUT2D eigenvalue weighted by molar-refractivity contribution is 6.17. The topological polar surface area (TPSA) is 4.93 Å². The van der Waals surface area contributed by atoms with E-state index in [1.807, 2.05) is 0 Å². The van der Waals surface area contributed by atoms with Gasteiger partial charge in [0.05, 0.1) is 11.0 Å². The fourth-order valence-electron chi connectivity index (χ4n) is 12.2. The molecule has 0 amide bonds. The quantitative estimate of drug-likeness (QED) is 0.194. The van der Waals surface area contributed by atoms with Crippen molar-refractivity contribution < 1.29 is 0 Å². The fourth-order valence-corrected chi connectivity index (χ4v) is 12.2. The molecule has 0 N–H and O–H groups in total. The van der Waals surface area contributed by atoms with E-state index in [4.69, 9.17) is 0 Å². The molecule has 1 heteroatoms. The molecule has 1 heterocycles. The summed E-state index contributed by atoms with van der Waals surface area (Å²) in [6.07, 6.45) is 4.40. The zero-order chi connectivity index (χ0) is 29.8. The van der Waals surface area contributed by atoms with Crippen LogP contribution in [-0.4, -0.2) is 4.57 Å². The zero-order valence-corrected chi connectivity index (χ0v) is 25.7. The van der Waals surface area contributed by atoms with Crippen molar-refractivity contribution in [3.63, 3.8) is 0 Å². The van der Waals surface area contributed by atoms with Crippen LogP contribution < -0.4 is 0 Å². The molecule has 4 saturated carbocycles. The molecule has 7 aromatic rings. The number of benzene rings is 6. The first-order valence-electron chi connectivity index (χ1n) is 17.2. The number of para-hydroxylation sites is 1. The van der Waals surface area contributed by atoms with Crippen molar-refractivity contribution in [3.05, 3.63) is 151 Å². The maximum absolute atomic E-state index is 2.52. The van der Waals surface area contributed by atoms with E-state index >= 15 is 0 Å². The Morgan fingerprint density at radius 2 is 1.11 bits per heavy atom. The Labute approximate surface area is 269 Å². The standard InChI is InChI=1S/C45H33N/c1-2-10-27(11-3-1)28-20-22-31(23-21-28)46-38-18-7-5-13-35(38)43-33(15-9-19-39(43)46)32-14-8-17-37-42(32)34-12-4-6-16-36(34)45(37)40-25-29-24-30-26-41(45)44(29,30)40/h1-23,29-30,40-41H,24-26H2. The number of aromatic nitrogens is 1. The SMILES string of the molecule is c1ccc(-c2ccc(-n3c4ccccc4c4c(-c5cccc6c5-c5ccccc5C65C6CC7CC8CC5C786)cccc43)cc2)cc1. The molecule has 0 bridgehead atoms. The molecule has 4 atom stereocenters. The predicted molar refractivity (Wildman–Crippen MR) is 188 cm³/mol. The fraction of sp³-hybridized carbons (Fsp3) is 0.200. The van der Waals surface area contributed by atoms with Crippen molar-refractivity contribution in [2.24, 2.45) is 29.1 Å². The molecule has 218 valence electrons. The highest BCUT2D eigenvalue weighted by atomic mass is 15.0. The van der Waals surface area contributed by atoms with Crippen molar-refractivity contribution in [1.29, 1.82) is 0 Å². The van der Waals surface area contributed by atoms with Crippen LogP contribution in [0.2, 0.25) is 0 Å². The first-order chi connectivity index (χ1) is 22.8. The molecular formula is C45H33N. The van der Waals surface area contributed by atoms with Gasteiger partial charge in [-0.25, -0.2) is 0 Å². The average molecular weight is 588 g/mol. The normalized spacial score (nSPS) is 28.8. The summed E-state index contributed by atoms with van der Waals surface area (Å²) in [5.74, 6) is 3.73. The van der Waals surface area contributed by atoms with Crippen LogP contribution in [0.5, 0.6) is 0 Å². The van der Waals surface area contributed by atoms with Crippen molar-refractivity contribution in [3.8, 4) is 39.1 Å². The van der Waals surface area contributed by atoms with E-state index < -0.39 is 0 Å². The van der Waals surface area contributed by atoms with Gasteiger partial charge in [-0.1, -0.05) is 115 Å². The number of fused-ring (bicyclic) bond motifs is 10. The number of hydrogen-bond acceptors (Lipinski definition) is 0. The van der Waals surface area contributed by atoms with Gasteiger partial charge in [0, 0.05) is 21.9 Å². The van der Waals surface area contributed by atoms with Gasteiger partial charge in [-0.3, -0.25) is 0 Å². The highest BCUT2D eigenvalue weighted by Crippen LogP contribution is 2.94. The van der Waals surface area contributed by atoms with Crippen molar-refractivity contribution in [2.45, 2.75) is 24.7 Å². The van der Waals surface area contributed by atoms with Crippen molar-refractivity contribution in [2.75, 3.05) is 0 Å². The molecule has 0 saturated heterocycles. The molecule has 4 unspecified atom stereocenters. The smallest absolute Gasteiger partial charge is 0.0547 e. The molecule has 1 aromatic heterocycles. The van der Waals surface area contributed by atoms with E-state index in [2.05, 4.69) is 144 Å². The summed E-state index contributed by atoms with van der Waals surface area (Å²) < 4.78 is 2.47. The lowest BCUT2D eigenvalue weighted by Gasteiger charge is -2.92. The minimum atomic E-state index is 0.234. The Kier molecular flexibility index (Phi) is 4.28. The number of nitrogens with zero attached hydrogens (tertiary/aromatic N) is 1. The second kappa shape index (κ2) is 8.09. The molecule has 5 aliphatic carbocycles. The number of rotatable bonds is 3. The van der Waals surface area contributed by atoms with Gasteiger partial charge >= 0.3 is 0 Å². The first-order valence-corrected chi connectivity index (χ1v) is 17.2. The van der Waals surface area contributed by atoms with Gasteiger partial charge in [0.25, 0.3) is 0 Å². The third kappa shape index (κ3) is 2.49. The lowest BCUT2D eigenvalue weighted by molar-refractivity contribution is -0.412. The lowest BCUT2D eigenvalue weighted by atomic mass is 9.11. The first kappa shape index (κ1) is 24.4. The van der Waals surface area contributed by atoms with Crippen molar-refractivity contribution in [1.82, 2.24) is 4.57 Å². The van der Waals surface area contributed by atoms with E-state index in [0.717, 1.165) is 23.7 Å². The van der Waals surface area contributed by atoms with Gasteiger partial charge in [-0.2, -0.15) is 0 Å². The molecule has 0 radical (unpaired) electrons. The molecule has 12 rings (SSSR count). The Morgan fingerprint density at radius 3 is 1.93 bits per heavy atom. The minimum absolute atomic E-state index is 0.234. The molecule has 0 aliphatic heterocycles. The largest absolute Gasteiger partial charge is 0.309 e. The van der Waals surface area contributed by atoms with Crippen LogP contribution in [0.4, 0.5) is 0 Å². The van der Waals surface area contributed by atoms with Crippen LogP contribution in [0.3, 0.4) is 0 Å². The molecule has 5 aliphatic rings. The van der Waals surface area contributed by atoms with E-state index in [-0.39, 0.29) is 5.41 Å². The van der Waals surface area contributed by atoms with E-state index in [9.17, 15) is 0 Å². The molecule has 2 spiro atoms. The third-order valence-electron chi connectivity index (χ3n) is 13.7. The maximum Gasteiger partial charge on any atom is 0.0547 e. The molecule has 1 nitrogen and oxygen atoms in total. The van der Waals surface area contributed by atoms with Gasteiger partial charge in [0.1, 0.15) is 0 Å². The summed E-state index contributed by atoms with van der Waals surface area (Å²) in [5.41, 5.74) is 16.2. The van der Waals surface area contributed by atoms with Crippen LogP contribution in [-0.2, 0) is 5.41 Å². The molecule has 46 heavy (non-hydrogen) atoms. The second-order valence-electron chi connectivity index (χ2n) is 14.8. The monoisotopic (exact) mass is 587 g/mol. The van der Waals surface area contributed by atoms with E-state index in [0.29, 0.717) is 5.41 Å². The Balaban J connectivity index is 1.09. The van der Waals surface area contributed by atoms with Crippen LogP contribution in [0.15, 0.2) is 140 Å². The van der Waals surface area contributed by atoms with Gasteiger partial charge < -0.3 is 4.57 Å². The van der Waals surface area contributed by atoms with Crippen molar-refractivity contribution >= 4 is 21.8 Å². The third-order valence-corrected chi connectivity index (χ3v) is 13.7. The van der Waals surface area contributed by atoms with E-state index in [1.54, 1.807) is 11.1 Å². The van der Waals surface area contributed by atoms with E-state index in [1.165, 1.54) is 80.1 Å². The number of hydrogen-bond donors (Lipinski definition) is 0. The predicted octanol–water partition coefficient (Wildman–Crippen LogP) is 11.1. The highest BCUT2D eigenvalue weighted by Gasteiger charge is 2.90. The zero-order valence-electron chi connectivity index (χ0n) is 25.7. The maximum atomic E-state index is 2.52. The van der Waals surface area contributed by atoms with Gasteiger partial charge in [-0.15, -0.1) is 0 Å². The van der Waals surface area contributed by atoms with Gasteiger partial charge in [0.15, 0.2) is 0 Å². The Morgan fingerprint density at radius 1 is 0.478 bits per heavy atom. The summed E-state index contributed by atoms with van der Waals surface area (Å²) in [7, 11) is 0. The van der Waals surface area contributed by atoms with Gasteiger partial charge in [0.2, 0.25) is 0 Å². The van der Waals surface area contributed by atoms with Crippen LogP contribution in [0.1, 0.15) is 30.4 Å². The van der Waals surface area contributed by atoms with Crippen LogP contribution in [0.25, 0.3) is 60.9 Å².